The van der Waals surface area contributed by atoms with Crippen LogP contribution in [0.15, 0.2) is 36.4 Å². The summed E-state index contributed by atoms with van der Waals surface area (Å²) >= 11 is 0. The number of amides is 1. The normalized spacial score (nSPS) is 11.9. The van der Waals surface area contributed by atoms with E-state index in [4.69, 9.17) is 18.9 Å². The Hall–Kier alpha value is -2.89. The number of benzene rings is 2. The average Bonchev–Trinajstić information content (AvgIpc) is 3.08. The molecule has 3 rings (SSSR count). The number of hydrogen-bond acceptors (Lipinski definition) is 5. The van der Waals surface area contributed by atoms with Crippen molar-refractivity contribution in [2.45, 2.75) is 6.42 Å². The molecule has 1 aliphatic heterocycles. The zero-order valence-electron chi connectivity index (χ0n) is 13.6. The van der Waals surface area contributed by atoms with Gasteiger partial charge in [0.15, 0.2) is 23.0 Å². The van der Waals surface area contributed by atoms with Crippen LogP contribution in [0.1, 0.15) is 15.9 Å². The Bertz CT molecular complexity index is 744. The molecule has 2 aromatic rings. The molecule has 6 heteroatoms. The third-order valence-electron chi connectivity index (χ3n) is 3.78. The van der Waals surface area contributed by atoms with Crippen molar-refractivity contribution in [2.75, 3.05) is 27.6 Å². The molecule has 6 nitrogen and oxygen atoms in total. The van der Waals surface area contributed by atoms with Gasteiger partial charge in [-0.2, -0.15) is 0 Å². The summed E-state index contributed by atoms with van der Waals surface area (Å²) in [4.78, 5) is 12.4. The van der Waals surface area contributed by atoms with E-state index in [-0.39, 0.29) is 12.7 Å². The highest BCUT2D eigenvalue weighted by molar-refractivity contribution is 5.97. The van der Waals surface area contributed by atoms with Gasteiger partial charge in [0, 0.05) is 6.54 Å². The number of fused-ring (bicyclic) bond motifs is 1. The Labute approximate surface area is 140 Å². The standard InChI is InChI=1S/C18H19NO5/c1-21-15-5-3-4-13(17(15)22-2)18(20)19-9-8-12-6-7-14-16(10-12)24-11-23-14/h3-7,10H,8-9,11H2,1-2H3,(H,19,20). The molecular formula is C18H19NO5. The SMILES string of the molecule is COc1cccc(C(=O)NCCc2ccc3c(c2)OCO3)c1OC. The van der Waals surface area contributed by atoms with Gasteiger partial charge in [0.25, 0.3) is 5.91 Å². The van der Waals surface area contributed by atoms with Crippen LogP contribution in [-0.4, -0.2) is 33.5 Å². The Morgan fingerprint density at radius 2 is 1.96 bits per heavy atom. The lowest BCUT2D eigenvalue weighted by Crippen LogP contribution is -2.26. The second-order valence-electron chi connectivity index (χ2n) is 5.23. The summed E-state index contributed by atoms with van der Waals surface area (Å²) in [6, 6.07) is 11.0. The van der Waals surface area contributed by atoms with E-state index in [1.54, 1.807) is 25.3 Å². The van der Waals surface area contributed by atoms with E-state index in [2.05, 4.69) is 5.32 Å². The van der Waals surface area contributed by atoms with Crippen molar-refractivity contribution in [3.8, 4) is 23.0 Å². The Kier molecular flexibility index (Phi) is 4.74. The summed E-state index contributed by atoms with van der Waals surface area (Å²) in [5, 5.41) is 2.89. The fourth-order valence-corrected chi connectivity index (χ4v) is 2.58. The fraction of sp³-hybridized carbons (Fsp3) is 0.278. The number of para-hydroxylation sites is 1. The molecule has 2 aromatic carbocycles. The van der Waals surface area contributed by atoms with E-state index < -0.39 is 0 Å². The van der Waals surface area contributed by atoms with Gasteiger partial charge >= 0.3 is 0 Å². The summed E-state index contributed by atoms with van der Waals surface area (Å²) in [6.07, 6.45) is 0.689. The van der Waals surface area contributed by atoms with E-state index in [0.717, 1.165) is 17.1 Å². The number of hydrogen-bond donors (Lipinski definition) is 1. The highest BCUT2D eigenvalue weighted by Gasteiger charge is 2.16. The second-order valence-corrected chi connectivity index (χ2v) is 5.23. The summed E-state index contributed by atoms with van der Waals surface area (Å²) in [7, 11) is 3.06. The van der Waals surface area contributed by atoms with Gasteiger partial charge in [-0.05, 0) is 36.2 Å². The number of carbonyl (C=O) groups excluding carboxylic acids is 1. The quantitative estimate of drug-likeness (QED) is 0.881. The second kappa shape index (κ2) is 7.12. The first-order valence-electron chi connectivity index (χ1n) is 7.60. The fourth-order valence-electron chi connectivity index (χ4n) is 2.58. The van der Waals surface area contributed by atoms with E-state index in [1.807, 2.05) is 18.2 Å². The lowest BCUT2D eigenvalue weighted by Gasteiger charge is -2.12. The van der Waals surface area contributed by atoms with E-state index in [9.17, 15) is 4.79 Å². The third kappa shape index (κ3) is 3.22. The topological polar surface area (TPSA) is 66.0 Å². The maximum atomic E-state index is 12.4. The van der Waals surface area contributed by atoms with Gasteiger partial charge in [-0.1, -0.05) is 12.1 Å². The van der Waals surface area contributed by atoms with Crippen LogP contribution in [0, 0.1) is 0 Å². The predicted molar refractivity (Wildman–Crippen MR) is 88.1 cm³/mol. The van der Waals surface area contributed by atoms with Crippen LogP contribution in [0.3, 0.4) is 0 Å². The summed E-state index contributed by atoms with van der Waals surface area (Å²) < 4.78 is 21.1. The first-order valence-corrected chi connectivity index (χ1v) is 7.60. The molecule has 0 aliphatic carbocycles. The number of ether oxygens (including phenoxy) is 4. The molecule has 0 saturated heterocycles. The van der Waals surface area contributed by atoms with Crippen LogP contribution in [0.5, 0.6) is 23.0 Å². The first-order chi connectivity index (χ1) is 11.7. The van der Waals surface area contributed by atoms with Gasteiger partial charge in [0.2, 0.25) is 6.79 Å². The van der Waals surface area contributed by atoms with Crippen LogP contribution in [0.25, 0.3) is 0 Å². The van der Waals surface area contributed by atoms with Gasteiger partial charge in [0.05, 0.1) is 19.8 Å². The number of methoxy groups -OCH3 is 2. The maximum Gasteiger partial charge on any atom is 0.255 e. The smallest absolute Gasteiger partial charge is 0.255 e. The van der Waals surface area contributed by atoms with Gasteiger partial charge < -0.3 is 24.3 Å². The van der Waals surface area contributed by atoms with Crippen molar-refractivity contribution in [3.63, 3.8) is 0 Å². The molecule has 1 N–H and O–H groups in total. The van der Waals surface area contributed by atoms with Gasteiger partial charge in [-0.25, -0.2) is 0 Å². The van der Waals surface area contributed by atoms with Crippen molar-refractivity contribution in [2.24, 2.45) is 0 Å². The lowest BCUT2D eigenvalue weighted by molar-refractivity contribution is 0.0950. The van der Waals surface area contributed by atoms with Gasteiger partial charge in [-0.3, -0.25) is 4.79 Å². The maximum absolute atomic E-state index is 12.4. The van der Waals surface area contributed by atoms with Crippen molar-refractivity contribution in [1.29, 1.82) is 0 Å². The molecule has 0 unspecified atom stereocenters. The molecule has 0 bridgehead atoms. The van der Waals surface area contributed by atoms with Crippen molar-refractivity contribution >= 4 is 5.91 Å². The molecule has 0 aromatic heterocycles. The van der Waals surface area contributed by atoms with Crippen LogP contribution < -0.4 is 24.3 Å². The first kappa shape index (κ1) is 16.0. The predicted octanol–water partition coefficient (Wildman–Crippen LogP) is 2.41. The third-order valence-corrected chi connectivity index (χ3v) is 3.78. The van der Waals surface area contributed by atoms with Gasteiger partial charge in [0.1, 0.15) is 0 Å². The van der Waals surface area contributed by atoms with E-state index >= 15 is 0 Å². The number of rotatable bonds is 6. The van der Waals surface area contributed by atoms with Gasteiger partial charge in [-0.15, -0.1) is 0 Å². The van der Waals surface area contributed by atoms with Crippen molar-refractivity contribution in [1.82, 2.24) is 5.32 Å². The van der Waals surface area contributed by atoms with Crippen LogP contribution in [0.2, 0.25) is 0 Å². The van der Waals surface area contributed by atoms with Crippen molar-refractivity contribution in [3.05, 3.63) is 47.5 Å². The number of carbonyl (C=O) groups is 1. The molecule has 126 valence electrons. The van der Waals surface area contributed by atoms with Crippen LogP contribution >= 0.6 is 0 Å². The monoisotopic (exact) mass is 329 g/mol. The Balaban J connectivity index is 1.62. The zero-order valence-corrected chi connectivity index (χ0v) is 13.6. The summed E-state index contributed by atoms with van der Waals surface area (Å²) in [5.41, 5.74) is 1.51. The molecule has 0 fully saturated rings. The van der Waals surface area contributed by atoms with E-state index in [0.29, 0.717) is 30.0 Å². The lowest BCUT2D eigenvalue weighted by atomic mass is 10.1. The minimum absolute atomic E-state index is 0.202. The molecule has 0 spiro atoms. The minimum atomic E-state index is -0.202. The van der Waals surface area contributed by atoms with Crippen molar-refractivity contribution < 1.29 is 23.7 Å². The average molecular weight is 329 g/mol. The molecule has 24 heavy (non-hydrogen) atoms. The molecule has 0 radical (unpaired) electrons. The number of nitrogens with one attached hydrogen (secondary N) is 1. The Morgan fingerprint density at radius 1 is 1.12 bits per heavy atom. The zero-order chi connectivity index (χ0) is 16.9. The highest BCUT2D eigenvalue weighted by atomic mass is 16.7. The molecule has 1 aliphatic rings. The summed E-state index contributed by atoms with van der Waals surface area (Å²) in [6.45, 7) is 0.754. The highest BCUT2D eigenvalue weighted by Crippen LogP contribution is 2.33. The molecule has 0 saturated carbocycles. The summed E-state index contributed by atoms with van der Waals surface area (Å²) in [5.74, 6) is 2.25. The molecule has 1 heterocycles. The van der Waals surface area contributed by atoms with Crippen LogP contribution in [0.4, 0.5) is 0 Å². The van der Waals surface area contributed by atoms with E-state index in [1.165, 1.54) is 7.11 Å². The molecule has 0 atom stereocenters. The molecular weight excluding hydrogens is 310 g/mol. The molecule has 1 amide bonds. The van der Waals surface area contributed by atoms with Crippen LogP contribution in [-0.2, 0) is 6.42 Å². The minimum Gasteiger partial charge on any atom is -0.493 e. The largest absolute Gasteiger partial charge is 0.493 e. The Morgan fingerprint density at radius 3 is 2.75 bits per heavy atom.